The van der Waals surface area contributed by atoms with Crippen LogP contribution in [-0.4, -0.2) is 15.3 Å². The van der Waals surface area contributed by atoms with E-state index in [0.29, 0.717) is 22.8 Å². The van der Waals surface area contributed by atoms with Crippen molar-refractivity contribution in [3.05, 3.63) is 44.4 Å². The van der Waals surface area contributed by atoms with Crippen molar-refractivity contribution in [1.29, 1.82) is 0 Å². The summed E-state index contributed by atoms with van der Waals surface area (Å²) >= 11 is 3.30. The van der Waals surface area contributed by atoms with Crippen molar-refractivity contribution in [2.45, 2.75) is 35.5 Å². The Hall–Kier alpha value is -1.20. The van der Waals surface area contributed by atoms with Crippen LogP contribution >= 0.6 is 23.1 Å². The number of hydrogen-bond acceptors (Lipinski definition) is 4. The third-order valence-electron chi connectivity index (χ3n) is 5.72. The molecule has 1 aliphatic heterocycles. The third kappa shape index (κ3) is 1.78. The highest BCUT2D eigenvalue weighted by atomic mass is 32.2. The van der Waals surface area contributed by atoms with Crippen LogP contribution in [-0.2, 0) is 0 Å². The molecule has 0 radical (unpaired) electrons. The second-order valence-electron chi connectivity index (χ2n) is 6.77. The molecule has 2 aromatic rings. The quantitative estimate of drug-likeness (QED) is 0.836. The van der Waals surface area contributed by atoms with Crippen molar-refractivity contribution in [1.82, 2.24) is 4.98 Å². The molecule has 5 heteroatoms. The molecule has 2 N–H and O–H groups in total. The van der Waals surface area contributed by atoms with Crippen molar-refractivity contribution in [2.75, 3.05) is 0 Å². The average molecular weight is 331 g/mol. The average Bonchev–Trinajstić information content (AvgIpc) is 3.19. The van der Waals surface area contributed by atoms with E-state index in [-0.39, 0.29) is 4.87 Å². The molecule has 0 saturated heterocycles. The topological polar surface area (TPSA) is 53.1 Å². The molecular formula is C17H17NO2S2. The summed E-state index contributed by atoms with van der Waals surface area (Å²) < 4.78 is 0. The summed E-state index contributed by atoms with van der Waals surface area (Å²) in [6, 6.07) is 7.61. The number of H-pyrrole nitrogens is 1. The molecule has 2 bridgehead atoms. The molecule has 0 spiro atoms. The Morgan fingerprint density at radius 2 is 1.91 bits per heavy atom. The van der Waals surface area contributed by atoms with E-state index < -0.39 is 0 Å². The van der Waals surface area contributed by atoms with Gasteiger partial charge >= 0.3 is 4.87 Å². The van der Waals surface area contributed by atoms with Gasteiger partial charge in [-0.15, -0.1) is 11.8 Å². The second-order valence-corrected chi connectivity index (χ2v) is 8.97. The van der Waals surface area contributed by atoms with E-state index in [1.165, 1.54) is 41.0 Å². The van der Waals surface area contributed by atoms with E-state index in [0.717, 1.165) is 16.9 Å². The Morgan fingerprint density at radius 1 is 1.14 bits per heavy atom. The summed E-state index contributed by atoms with van der Waals surface area (Å²) in [6.45, 7) is 0. The van der Waals surface area contributed by atoms with E-state index in [1.54, 1.807) is 12.1 Å². The number of aromatic hydroxyl groups is 1. The molecule has 5 rings (SSSR count). The highest BCUT2D eigenvalue weighted by Gasteiger charge is 2.54. The zero-order chi connectivity index (χ0) is 14.8. The number of thiazole rings is 1. The first-order valence-corrected chi connectivity index (χ1v) is 9.59. The number of phenols is 1. The molecule has 3 nitrogen and oxygen atoms in total. The first kappa shape index (κ1) is 13.3. The van der Waals surface area contributed by atoms with E-state index in [2.05, 4.69) is 4.98 Å². The van der Waals surface area contributed by atoms with E-state index in [9.17, 15) is 9.90 Å². The summed E-state index contributed by atoms with van der Waals surface area (Å²) in [5.41, 5.74) is 1.25. The number of phenolic OH excluding ortho intramolecular Hbond substituents is 1. The van der Waals surface area contributed by atoms with E-state index >= 15 is 0 Å². The molecule has 22 heavy (non-hydrogen) atoms. The lowest BCUT2D eigenvalue weighted by Crippen LogP contribution is -2.33. The fourth-order valence-electron chi connectivity index (χ4n) is 4.90. The van der Waals surface area contributed by atoms with Crippen molar-refractivity contribution in [2.24, 2.45) is 17.8 Å². The number of thioether (sulfide) groups is 1. The van der Waals surface area contributed by atoms with Gasteiger partial charge in [-0.25, -0.2) is 0 Å². The maximum absolute atomic E-state index is 11.9. The summed E-state index contributed by atoms with van der Waals surface area (Å²) in [6.07, 6.45) is 4.05. The predicted molar refractivity (Wildman–Crippen MR) is 88.9 cm³/mol. The highest BCUT2D eigenvalue weighted by Crippen LogP contribution is 2.63. The fraction of sp³-hybridized carbons (Fsp3) is 0.471. The molecule has 114 valence electrons. The Morgan fingerprint density at radius 3 is 2.73 bits per heavy atom. The molecule has 2 fully saturated rings. The SMILES string of the molecule is O=c1[nH]c2c(s1)[C@@H](c1ccc(O)cc1)[C@H]1[C@@H]3CC[C@H](C3)[C@@H]1S2. The van der Waals surface area contributed by atoms with Gasteiger partial charge in [0.2, 0.25) is 0 Å². The molecule has 1 aromatic carbocycles. The summed E-state index contributed by atoms with van der Waals surface area (Å²) in [4.78, 5) is 16.2. The number of rotatable bonds is 1. The van der Waals surface area contributed by atoms with Gasteiger partial charge in [0.15, 0.2) is 0 Å². The van der Waals surface area contributed by atoms with Crippen LogP contribution in [0.4, 0.5) is 0 Å². The minimum Gasteiger partial charge on any atom is -0.508 e. The molecule has 2 aliphatic carbocycles. The van der Waals surface area contributed by atoms with Crippen LogP contribution < -0.4 is 4.87 Å². The van der Waals surface area contributed by atoms with Gasteiger partial charge in [0.25, 0.3) is 0 Å². The Bertz CT molecular complexity index is 779. The van der Waals surface area contributed by atoms with E-state index in [1.807, 2.05) is 23.9 Å². The lowest BCUT2D eigenvalue weighted by Gasteiger charge is -2.40. The van der Waals surface area contributed by atoms with Gasteiger partial charge in [0, 0.05) is 16.0 Å². The second kappa shape index (κ2) is 4.65. The van der Waals surface area contributed by atoms with Gasteiger partial charge in [-0.3, -0.25) is 4.79 Å². The van der Waals surface area contributed by atoms with Crippen LogP contribution in [0.1, 0.15) is 35.6 Å². The maximum Gasteiger partial charge on any atom is 0.305 e. The number of aromatic nitrogens is 1. The zero-order valence-electron chi connectivity index (χ0n) is 12.0. The third-order valence-corrected chi connectivity index (χ3v) is 8.34. The molecule has 1 aromatic heterocycles. The number of benzene rings is 1. The molecule has 5 atom stereocenters. The van der Waals surface area contributed by atoms with Crippen LogP contribution in [0.25, 0.3) is 0 Å². The number of fused-ring (bicyclic) bond motifs is 6. The van der Waals surface area contributed by atoms with Gasteiger partial charge in [-0.2, -0.15) is 0 Å². The number of aromatic amines is 1. The van der Waals surface area contributed by atoms with Crippen molar-refractivity contribution < 1.29 is 5.11 Å². The molecular weight excluding hydrogens is 314 g/mol. The summed E-state index contributed by atoms with van der Waals surface area (Å²) in [7, 11) is 0. The summed E-state index contributed by atoms with van der Waals surface area (Å²) in [5, 5.41) is 11.3. The van der Waals surface area contributed by atoms with E-state index in [4.69, 9.17) is 0 Å². The molecule has 0 amide bonds. The largest absolute Gasteiger partial charge is 0.508 e. The molecule has 2 saturated carbocycles. The minimum absolute atomic E-state index is 0.0635. The van der Waals surface area contributed by atoms with Gasteiger partial charge in [-0.1, -0.05) is 23.5 Å². The Balaban J connectivity index is 1.68. The van der Waals surface area contributed by atoms with Crippen LogP contribution in [0, 0.1) is 17.8 Å². The van der Waals surface area contributed by atoms with Gasteiger partial charge in [-0.05, 0) is 54.7 Å². The Labute approximate surface area is 136 Å². The van der Waals surface area contributed by atoms with Crippen LogP contribution in [0.5, 0.6) is 5.75 Å². The lowest BCUT2D eigenvalue weighted by molar-refractivity contribution is 0.307. The molecule has 0 unspecified atom stereocenters. The standard InChI is InChI=1S/C17H17NO2S2/c19-11-5-3-8(4-6-11)12-13-9-1-2-10(7-9)14(13)21-16-15(12)22-17(20)18-16/h3-6,9-10,12-14,19H,1-2,7H2,(H,18,20)/t9-,10-,12+,13-,14+/m1/s1. The van der Waals surface area contributed by atoms with Crippen LogP contribution in [0.15, 0.2) is 34.1 Å². The fourth-order valence-corrected chi connectivity index (χ4v) is 7.80. The van der Waals surface area contributed by atoms with Crippen molar-refractivity contribution in [3.8, 4) is 5.75 Å². The van der Waals surface area contributed by atoms with Crippen molar-refractivity contribution in [3.63, 3.8) is 0 Å². The predicted octanol–water partition coefficient (Wildman–Crippen LogP) is 3.79. The zero-order valence-corrected chi connectivity index (χ0v) is 13.6. The van der Waals surface area contributed by atoms with Gasteiger partial charge < -0.3 is 10.1 Å². The monoisotopic (exact) mass is 331 g/mol. The Kier molecular flexibility index (Phi) is 2.80. The highest BCUT2D eigenvalue weighted by molar-refractivity contribution is 8.00. The summed E-state index contributed by atoms with van der Waals surface area (Å²) in [5.74, 6) is 2.89. The normalized spacial score (nSPS) is 35.4. The van der Waals surface area contributed by atoms with Crippen LogP contribution in [0.3, 0.4) is 0 Å². The first-order valence-electron chi connectivity index (χ1n) is 7.89. The van der Waals surface area contributed by atoms with Crippen molar-refractivity contribution >= 4 is 23.1 Å². The van der Waals surface area contributed by atoms with Crippen LogP contribution in [0.2, 0.25) is 0 Å². The molecule has 3 aliphatic rings. The number of nitrogens with one attached hydrogen (secondary N) is 1. The van der Waals surface area contributed by atoms with Gasteiger partial charge in [0.1, 0.15) is 5.75 Å². The minimum atomic E-state index is 0.0635. The first-order chi connectivity index (χ1) is 10.7. The van der Waals surface area contributed by atoms with Gasteiger partial charge in [0.05, 0.1) is 5.03 Å². The lowest BCUT2D eigenvalue weighted by atomic mass is 9.75. The molecule has 2 heterocycles. The maximum atomic E-state index is 11.9. The number of hydrogen-bond donors (Lipinski definition) is 2. The smallest absolute Gasteiger partial charge is 0.305 e.